The van der Waals surface area contributed by atoms with E-state index in [9.17, 15) is 18.0 Å². The number of nitrogen functional groups attached to an aromatic ring is 1. The van der Waals surface area contributed by atoms with Crippen LogP contribution in [0.4, 0.5) is 35.2 Å². The van der Waals surface area contributed by atoms with Gasteiger partial charge in [0, 0.05) is 16.9 Å². The molecule has 182 valence electrons. The zero-order valence-corrected chi connectivity index (χ0v) is 19.0. The second kappa shape index (κ2) is 9.57. The van der Waals surface area contributed by atoms with E-state index in [0.717, 1.165) is 52.6 Å². The molecule has 3 aromatic carbocycles. The molecule has 4 rings (SSSR count). The number of benzene rings is 3. The largest absolute Gasteiger partial charge is 0.573 e. The third-order valence-corrected chi connectivity index (χ3v) is 5.50. The molecule has 1 heterocycles. The summed E-state index contributed by atoms with van der Waals surface area (Å²) in [7, 11) is 0. The molecule has 0 bridgehead atoms. The second-order valence-electron chi connectivity index (χ2n) is 7.77. The van der Waals surface area contributed by atoms with Gasteiger partial charge in [-0.2, -0.15) is 0 Å². The summed E-state index contributed by atoms with van der Waals surface area (Å²) in [5.74, 6) is -0.0548. The fourth-order valence-corrected chi connectivity index (χ4v) is 4.01. The molecule has 0 aliphatic rings. The number of urea groups is 1. The van der Waals surface area contributed by atoms with E-state index in [1.807, 2.05) is 18.2 Å². The van der Waals surface area contributed by atoms with Crippen molar-refractivity contribution in [2.75, 3.05) is 16.4 Å². The minimum atomic E-state index is -4.78. The number of carbonyl (C=O) groups is 1. The third kappa shape index (κ3) is 5.32. The van der Waals surface area contributed by atoms with Crippen LogP contribution in [0.3, 0.4) is 0 Å². The number of halogens is 3. The van der Waals surface area contributed by atoms with Crippen LogP contribution < -0.4 is 21.1 Å². The highest BCUT2D eigenvalue weighted by molar-refractivity contribution is 6.03. The molecule has 10 heteroatoms. The topological polar surface area (TPSA) is 102 Å². The number of hydrogen-bond acceptors (Lipinski definition) is 5. The number of fused-ring (bicyclic) bond motifs is 1. The van der Waals surface area contributed by atoms with Crippen LogP contribution in [0.1, 0.15) is 25.0 Å². The molecule has 4 N–H and O–H groups in total. The van der Waals surface area contributed by atoms with Crippen molar-refractivity contribution in [2.24, 2.45) is 0 Å². The highest BCUT2D eigenvalue weighted by atomic mass is 19.4. The molecule has 4 aromatic rings. The minimum absolute atomic E-state index is 0.308. The van der Waals surface area contributed by atoms with Crippen molar-refractivity contribution in [3.05, 3.63) is 65.7 Å². The normalized spacial score (nSPS) is 11.5. The van der Waals surface area contributed by atoms with Crippen molar-refractivity contribution in [1.82, 2.24) is 5.16 Å². The Balaban J connectivity index is 1.52. The van der Waals surface area contributed by atoms with Crippen molar-refractivity contribution in [2.45, 2.75) is 33.1 Å². The maximum absolute atomic E-state index is 12.3. The summed E-state index contributed by atoms with van der Waals surface area (Å²) in [4.78, 5) is 12.3. The van der Waals surface area contributed by atoms with Gasteiger partial charge in [0.1, 0.15) is 5.75 Å². The van der Waals surface area contributed by atoms with Crippen molar-refractivity contribution in [1.29, 1.82) is 0 Å². The van der Waals surface area contributed by atoms with Gasteiger partial charge in [-0.15, -0.1) is 13.2 Å². The maximum Gasteiger partial charge on any atom is 0.573 e. The predicted octanol–water partition coefficient (Wildman–Crippen LogP) is 6.74. The lowest BCUT2D eigenvalue weighted by Crippen LogP contribution is -2.19. The monoisotopic (exact) mass is 484 g/mol. The van der Waals surface area contributed by atoms with E-state index in [1.54, 1.807) is 12.1 Å². The first-order valence-electron chi connectivity index (χ1n) is 10.9. The van der Waals surface area contributed by atoms with E-state index in [-0.39, 0.29) is 5.75 Å². The molecule has 0 unspecified atom stereocenters. The molecule has 0 fully saturated rings. The predicted molar refractivity (Wildman–Crippen MR) is 128 cm³/mol. The first-order valence-corrected chi connectivity index (χ1v) is 10.9. The molecule has 1 aromatic heterocycles. The highest BCUT2D eigenvalue weighted by Gasteiger charge is 2.31. The molecule has 0 radical (unpaired) electrons. The van der Waals surface area contributed by atoms with Gasteiger partial charge in [0.2, 0.25) is 0 Å². The Morgan fingerprint density at radius 2 is 1.60 bits per heavy atom. The lowest BCUT2D eigenvalue weighted by atomic mass is 9.89. The lowest BCUT2D eigenvalue weighted by molar-refractivity contribution is -0.274. The number of ether oxygens (including phenoxy) is 1. The summed E-state index contributed by atoms with van der Waals surface area (Å²) in [5, 5.41) is 9.95. The maximum atomic E-state index is 12.3. The number of alkyl halides is 3. The average molecular weight is 484 g/mol. The Hall–Kier alpha value is -4.21. The van der Waals surface area contributed by atoms with E-state index >= 15 is 0 Å². The van der Waals surface area contributed by atoms with Crippen molar-refractivity contribution >= 4 is 34.2 Å². The molecule has 0 aliphatic heterocycles. The fourth-order valence-electron chi connectivity index (χ4n) is 4.01. The van der Waals surface area contributed by atoms with Crippen LogP contribution in [0.5, 0.6) is 5.75 Å². The summed E-state index contributed by atoms with van der Waals surface area (Å²) >= 11 is 0. The Labute approximate surface area is 199 Å². The molecule has 0 saturated heterocycles. The Morgan fingerprint density at radius 1 is 1.00 bits per heavy atom. The third-order valence-electron chi connectivity index (χ3n) is 5.50. The number of aromatic nitrogens is 1. The van der Waals surface area contributed by atoms with Crippen LogP contribution in [0.2, 0.25) is 0 Å². The highest BCUT2D eigenvalue weighted by Crippen LogP contribution is 2.38. The van der Waals surface area contributed by atoms with E-state index in [4.69, 9.17) is 10.3 Å². The van der Waals surface area contributed by atoms with Gasteiger partial charge in [-0.1, -0.05) is 31.1 Å². The van der Waals surface area contributed by atoms with Crippen LogP contribution in [0.25, 0.3) is 22.1 Å². The molecule has 0 aliphatic carbocycles. The summed E-state index contributed by atoms with van der Waals surface area (Å²) in [5.41, 5.74) is 11.7. The summed E-state index contributed by atoms with van der Waals surface area (Å²) in [6, 6.07) is 13.5. The first kappa shape index (κ1) is 23.9. The standard InChI is InChI=1S/C25H23F3N4O3/c1-3-14-13-20-22(23(29)32-35-20)21(19(14)4-2)15-5-7-16(8-6-15)30-24(33)31-17-9-11-18(12-10-17)34-25(26,27)28/h5-13H,3-4H2,1-2H3,(H2,29,32)(H2,30,31,33). The average Bonchev–Trinajstić information content (AvgIpc) is 3.19. The fraction of sp³-hybridized carbons (Fsp3) is 0.200. The molecule has 0 atom stereocenters. The van der Waals surface area contributed by atoms with Gasteiger partial charge in [-0.05, 0) is 72.0 Å². The van der Waals surface area contributed by atoms with Crippen LogP contribution in [0, 0.1) is 0 Å². The Kier molecular flexibility index (Phi) is 6.54. The number of aryl methyl sites for hydroxylation is 1. The summed E-state index contributed by atoms with van der Waals surface area (Å²) in [6.07, 6.45) is -3.15. The van der Waals surface area contributed by atoms with Gasteiger partial charge >= 0.3 is 12.4 Å². The van der Waals surface area contributed by atoms with Gasteiger partial charge in [0.05, 0.1) is 5.39 Å². The number of nitrogens with zero attached hydrogens (tertiary/aromatic N) is 1. The number of rotatable bonds is 6. The number of nitrogens with one attached hydrogen (secondary N) is 2. The molecular formula is C25H23F3N4O3. The van der Waals surface area contributed by atoms with E-state index in [2.05, 4.69) is 34.4 Å². The molecular weight excluding hydrogens is 461 g/mol. The SMILES string of the molecule is CCc1cc2onc(N)c2c(-c2ccc(NC(=O)Nc3ccc(OC(F)(F)F)cc3)cc2)c1CC. The number of nitrogens with two attached hydrogens (primary N) is 1. The smallest absolute Gasteiger partial charge is 0.406 e. The van der Waals surface area contributed by atoms with Crippen molar-refractivity contribution in [3.63, 3.8) is 0 Å². The molecule has 2 amide bonds. The van der Waals surface area contributed by atoms with Crippen LogP contribution in [-0.2, 0) is 12.8 Å². The number of anilines is 3. The van der Waals surface area contributed by atoms with E-state index in [0.29, 0.717) is 22.8 Å². The zero-order valence-electron chi connectivity index (χ0n) is 19.0. The van der Waals surface area contributed by atoms with Gasteiger partial charge < -0.3 is 25.6 Å². The first-order chi connectivity index (χ1) is 16.7. The molecule has 0 spiro atoms. The molecule has 0 saturated carbocycles. The van der Waals surface area contributed by atoms with Gasteiger partial charge in [-0.25, -0.2) is 4.79 Å². The van der Waals surface area contributed by atoms with Crippen LogP contribution in [-0.4, -0.2) is 17.6 Å². The Morgan fingerprint density at radius 3 is 2.14 bits per heavy atom. The van der Waals surface area contributed by atoms with Crippen LogP contribution >= 0.6 is 0 Å². The van der Waals surface area contributed by atoms with Gasteiger partial charge in [0.15, 0.2) is 11.4 Å². The number of amides is 2. The van der Waals surface area contributed by atoms with Crippen LogP contribution in [0.15, 0.2) is 59.1 Å². The zero-order chi connectivity index (χ0) is 25.2. The summed E-state index contributed by atoms with van der Waals surface area (Å²) < 4.78 is 46.1. The second-order valence-corrected chi connectivity index (χ2v) is 7.77. The van der Waals surface area contributed by atoms with E-state index in [1.165, 1.54) is 12.1 Å². The van der Waals surface area contributed by atoms with Crippen molar-refractivity contribution < 1.29 is 27.2 Å². The Bertz CT molecular complexity index is 1350. The number of hydrogen-bond donors (Lipinski definition) is 3. The van der Waals surface area contributed by atoms with Crippen molar-refractivity contribution in [3.8, 4) is 16.9 Å². The summed E-state index contributed by atoms with van der Waals surface area (Å²) in [6.45, 7) is 4.15. The number of carbonyl (C=O) groups excluding carboxylic acids is 1. The minimum Gasteiger partial charge on any atom is -0.406 e. The lowest BCUT2D eigenvalue weighted by Gasteiger charge is -2.15. The quantitative estimate of drug-likeness (QED) is 0.281. The molecule has 7 nitrogen and oxygen atoms in total. The van der Waals surface area contributed by atoms with Gasteiger partial charge in [-0.3, -0.25) is 0 Å². The van der Waals surface area contributed by atoms with E-state index < -0.39 is 12.4 Å². The van der Waals surface area contributed by atoms with Gasteiger partial charge in [0.25, 0.3) is 0 Å². The molecule has 35 heavy (non-hydrogen) atoms.